The van der Waals surface area contributed by atoms with Crippen molar-refractivity contribution in [2.75, 3.05) is 0 Å². The van der Waals surface area contributed by atoms with E-state index >= 15 is 0 Å². The summed E-state index contributed by atoms with van der Waals surface area (Å²) in [7, 11) is 0. The Kier molecular flexibility index (Phi) is 0.749. The van der Waals surface area contributed by atoms with Gasteiger partial charge in [0.2, 0.25) is 5.96 Å². The van der Waals surface area contributed by atoms with Gasteiger partial charge in [-0.15, -0.1) is 0 Å². The van der Waals surface area contributed by atoms with E-state index < -0.39 is 0 Å². The largest absolute Gasteiger partial charge is 0.368 e. The summed E-state index contributed by atoms with van der Waals surface area (Å²) in [6, 6.07) is 0. The highest BCUT2D eigenvalue weighted by Gasteiger charge is 1.99. The third-order valence-corrected chi connectivity index (χ3v) is 0.675. The van der Waals surface area contributed by atoms with Gasteiger partial charge in [0.05, 0.1) is 11.9 Å². The van der Waals surface area contributed by atoms with Crippen LogP contribution in [0.2, 0.25) is 0 Å². The molecule has 0 aromatic rings. The van der Waals surface area contributed by atoms with E-state index in [0.29, 0.717) is 5.96 Å². The lowest BCUT2D eigenvalue weighted by Crippen LogP contribution is -2.19. The highest BCUT2D eigenvalue weighted by molar-refractivity contribution is 5.81. The van der Waals surface area contributed by atoms with E-state index in [4.69, 9.17) is 5.73 Å². The molecule has 3 heteroatoms. The van der Waals surface area contributed by atoms with Gasteiger partial charge in [-0.3, -0.25) is 0 Å². The maximum Gasteiger partial charge on any atom is 0.220 e. The molecule has 0 aromatic carbocycles. The average molecular weight is 96.1 g/mol. The zero-order valence-electron chi connectivity index (χ0n) is 4.05. The van der Waals surface area contributed by atoms with E-state index in [1.807, 2.05) is 6.92 Å². The van der Waals surface area contributed by atoms with Crippen molar-refractivity contribution < 1.29 is 0 Å². The van der Waals surface area contributed by atoms with Crippen molar-refractivity contribution in [1.29, 1.82) is 0 Å². The van der Waals surface area contributed by atoms with Gasteiger partial charge in [0, 0.05) is 0 Å². The van der Waals surface area contributed by atoms with Gasteiger partial charge in [-0.05, 0) is 6.92 Å². The Morgan fingerprint density at radius 3 is 2.57 bits per heavy atom. The minimum absolute atomic E-state index is 0.359. The highest BCUT2D eigenvalue weighted by atomic mass is 15.1. The van der Waals surface area contributed by atoms with Gasteiger partial charge in [0.1, 0.15) is 0 Å². The lowest BCUT2D eigenvalue weighted by molar-refractivity contribution is 1.12. The highest BCUT2D eigenvalue weighted by Crippen LogP contribution is 1.94. The zero-order valence-corrected chi connectivity index (χ0v) is 4.05. The predicted octanol–water partition coefficient (Wildman–Crippen LogP) is -0.220. The summed E-state index contributed by atoms with van der Waals surface area (Å²) < 4.78 is 0. The first kappa shape index (κ1) is 4.18. The molecule has 1 radical (unpaired) electrons. The molecule has 3 nitrogen and oxygen atoms in total. The SMILES string of the molecule is CC1=CN=C(N)[N]1. The van der Waals surface area contributed by atoms with Crippen LogP contribution < -0.4 is 11.1 Å². The molecule has 0 atom stereocenters. The van der Waals surface area contributed by atoms with Crippen LogP contribution in [0.15, 0.2) is 16.9 Å². The molecule has 0 saturated heterocycles. The molecule has 0 aliphatic carbocycles. The van der Waals surface area contributed by atoms with E-state index in [1.54, 1.807) is 6.20 Å². The van der Waals surface area contributed by atoms with Gasteiger partial charge in [-0.25, -0.2) is 10.3 Å². The van der Waals surface area contributed by atoms with Crippen LogP contribution >= 0.6 is 0 Å². The van der Waals surface area contributed by atoms with Crippen LogP contribution in [0.5, 0.6) is 0 Å². The standard InChI is InChI=1S/C4H6N3/c1-3-2-6-4(5)7-3/h2H,1H3,(H2,5,6). The van der Waals surface area contributed by atoms with E-state index in [1.165, 1.54) is 0 Å². The Bertz CT molecular complexity index is 118. The predicted molar refractivity (Wildman–Crippen MR) is 27.5 cm³/mol. The van der Waals surface area contributed by atoms with Crippen molar-refractivity contribution >= 4 is 5.96 Å². The maximum absolute atomic E-state index is 5.16. The van der Waals surface area contributed by atoms with Crippen LogP contribution in [0, 0.1) is 0 Å². The molecular formula is C4H6N3. The molecule has 0 unspecified atom stereocenters. The van der Waals surface area contributed by atoms with Gasteiger partial charge in [0.15, 0.2) is 0 Å². The smallest absolute Gasteiger partial charge is 0.220 e. The molecule has 1 aliphatic heterocycles. The minimum Gasteiger partial charge on any atom is -0.368 e. The Labute approximate surface area is 41.9 Å². The van der Waals surface area contributed by atoms with Gasteiger partial charge < -0.3 is 5.73 Å². The van der Waals surface area contributed by atoms with Crippen LogP contribution in [0.25, 0.3) is 0 Å². The first-order valence-corrected chi connectivity index (χ1v) is 2.01. The van der Waals surface area contributed by atoms with Crippen LogP contribution in [0.1, 0.15) is 6.92 Å². The van der Waals surface area contributed by atoms with E-state index in [2.05, 4.69) is 10.3 Å². The van der Waals surface area contributed by atoms with Crippen LogP contribution in [0.4, 0.5) is 0 Å². The summed E-state index contributed by atoms with van der Waals surface area (Å²) in [6.07, 6.45) is 1.63. The molecule has 0 aromatic heterocycles. The molecule has 0 bridgehead atoms. The van der Waals surface area contributed by atoms with E-state index in [0.717, 1.165) is 5.70 Å². The van der Waals surface area contributed by atoms with Crippen molar-refractivity contribution in [1.82, 2.24) is 5.32 Å². The molecule has 1 heterocycles. The van der Waals surface area contributed by atoms with Crippen LogP contribution in [-0.4, -0.2) is 5.96 Å². The molecule has 0 spiro atoms. The van der Waals surface area contributed by atoms with Crippen molar-refractivity contribution in [2.24, 2.45) is 10.7 Å². The summed E-state index contributed by atoms with van der Waals surface area (Å²) in [6.45, 7) is 1.85. The molecular weight excluding hydrogens is 90.1 g/mol. The summed E-state index contributed by atoms with van der Waals surface area (Å²) in [5.41, 5.74) is 6.03. The topological polar surface area (TPSA) is 52.5 Å². The molecule has 0 amide bonds. The summed E-state index contributed by atoms with van der Waals surface area (Å²) in [5, 5.41) is 3.78. The summed E-state index contributed by atoms with van der Waals surface area (Å²) >= 11 is 0. The Balaban J connectivity index is 2.61. The molecule has 7 heavy (non-hydrogen) atoms. The molecule has 2 N–H and O–H groups in total. The number of guanidine groups is 1. The normalized spacial score (nSPS) is 17.9. The second-order valence-electron chi connectivity index (χ2n) is 1.37. The first-order chi connectivity index (χ1) is 3.29. The van der Waals surface area contributed by atoms with Gasteiger partial charge in [0.25, 0.3) is 0 Å². The summed E-state index contributed by atoms with van der Waals surface area (Å²) in [5.74, 6) is 0.359. The second-order valence-corrected chi connectivity index (χ2v) is 1.37. The second kappa shape index (κ2) is 1.26. The third-order valence-electron chi connectivity index (χ3n) is 0.675. The van der Waals surface area contributed by atoms with Gasteiger partial charge in [-0.2, -0.15) is 0 Å². The molecule has 0 saturated carbocycles. The van der Waals surface area contributed by atoms with Crippen molar-refractivity contribution in [3.63, 3.8) is 0 Å². The molecule has 1 aliphatic rings. The van der Waals surface area contributed by atoms with Gasteiger partial charge in [-0.1, -0.05) is 0 Å². The first-order valence-electron chi connectivity index (χ1n) is 2.01. The van der Waals surface area contributed by atoms with E-state index in [-0.39, 0.29) is 0 Å². The van der Waals surface area contributed by atoms with Crippen molar-refractivity contribution in [3.05, 3.63) is 11.9 Å². The molecule has 37 valence electrons. The number of nitrogens with zero attached hydrogens (tertiary/aromatic N) is 2. The van der Waals surface area contributed by atoms with Crippen molar-refractivity contribution in [2.45, 2.75) is 6.92 Å². The zero-order chi connectivity index (χ0) is 5.28. The number of rotatable bonds is 0. The fourth-order valence-electron chi connectivity index (χ4n) is 0.398. The molecule has 0 fully saturated rings. The quantitative estimate of drug-likeness (QED) is 0.445. The minimum atomic E-state index is 0.359. The Morgan fingerprint density at radius 1 is 1.71 bits per heavy atom. The summed E-state index contributed by atoms with van der Waals surface area (Å²) in [4.78, 5) is 3.68. The number of nitrogens with two attached hydrogens (primary N) is 1. The number of hydrogen-bond donors (Lipinski definition) is 1. The average Bonchev–Trinajstić information content (AvgIpc) is 1.87. The van der Waals surface area contributed by atoms with Crippen LogP contribution in [-0.2, 0) is 0 Å². The fraction of sp³-hybridized carbons (Fsp3) is 0.250. The lowest BCUT2D eigenvalue weighted by Gasteiger charge is -1.86. The van der Waals surface area contributed by atoms with Crippen molar-refractivity contribution in [3.8, 4) is 0 Å². The van der Waals surface area contributed by atoms with Gasteiger partial charge >= 0.3 is 0 Å². The monoisotopic (exact) mass is 96.1 g/mol. The maximum atomic E-state index is 5.16. The number of allylic oxidation sites excluding steroid dienone is 1. The Hall–Kier alpha value is -0.990. The van der Waals surface area contributed by atoms with E-state index in [9.17, 15) is 0 Å². The fourth-order valence-corrected chi connectivity index (χ4v) is 0.398. The Morgan fingerprint density at radius 2 is 2.43 bits per heavy atom. The molecule has 1 rings (SSSR count). The lowest BCUT2D eigenvalue weighted by atomic mass is 10.6. The number of hydrogen-bond acceptors (Lipinski definition) is 2. The number of aliphatic imine (C=N–C) groups is 1. The van der Waals surface area contributed by atoms with Crippen LogP contribution in [0.3, 0.4) is 0 Å². The third kappa shape index (κ3) is 0.707.